The van der Waals surface area contributed by atoms with Gasteiger partial charge in [-0.25, -0.2) is 4.79 Å². The molecule has 138 valence electrons. The first-order chi connectivity index (χ1) is 11.3. The highest BCUT2D eigenvalue weighted by Gasteiger charge is 2.19. The van der Waals surface area contributed by atoms with E-state index in [2.05, 4.69) is 26.6 Å². The third kappa shape index (κ3) is 9.58. The molecule has 0 heterocycles. The summed E-state index contributed by atoms with van der Waals surface area (Å²) in [5.74, 6) is -1.57. The van der Waals surface area contributed by atoms with E-state index in [1.807, 2.05) is 0 Å². The van der Waals surface area contributed by atoms with E-state index in [-0.39, 0.29) is 25.4 Å². The topological polar surface area (TPSA) is 180 Å². The number of amides is 5. The normalized spacial score (nSPS) is 12.8. The first kappa shape index (κ1) is 21.6. The summed E-state index contributed by atoms with van der Waals surface area (Å²) in [6, 6.07) is -2.03. The Kier molecular flexibility index (Phi) is 10.9. The minimum absolute atomic E-state index is 0.244. The fourth-order valence-corrected chi connectivity index (χ4v) is 1.87. The van der Waals surface area contributed by atoms with Crippen LogP contribution in [0.4, 0.5) is 4.79 Å². The highest BCUT2D eigenvalue weighted by Crippen LogP contribution is 1.96. The Balaban J connectivity index is 4.25. The van der Waals surface area contributed by atoms with Crippen molar-refractivity contribution in [2.75, 3.05) is 33.7 Å². The number of hydrogen-bond donors (Lipinski definition) is 7. The lowest BCUT2D eigenvalue weighted by Gasteiger charge is -2.17. The van der Waals surface area contributed by atoms with Crippen LogP contribution in [-0.2, 0) is 14.4 Å². The summed E-state index contributed by atoms with van der Waals surface area (Å²) >= 11 is 0. The van der Waals surface area contributed by atoms with Crippen molar-refractivity contribution in [3.05, 3.63) is 0 Å². The zero-order valence-corrected chi connectivity index (χ0v) is 14.0. The number of nitrogens with two attached hydrogens (primary N) is 2. The third-order valence-corrected chi connectivity index (χ3v) is 3.14. The van der Waals surface area contributed by atoms with Gasteiger partial charge < -0.3 is 38.1 Å². The first-order valence-electron chi connectivity index (χ1n) is 7.53. The van der Waals surface area contributed by atoms with Gasteiger partial charge in [-0.05, 0) is 26.9 Å². The average Bonchev–Trinajstić information content (AvgIpc) is 2.52. The number of rotatable bonds is 12. The summed E-state index contributed by atoms with van der Waals surface area (Å²) in [7, 11) is 3.33. The molecule has 5 amide bonds. The Morgan fingerprint density at radius 3 is 2.17 bits per heavy atom. The molecule has 2 unspecified atom stereocenters. The van der Waals surface area contributed by atoms with Gasteiger partial charge in [0.2, 0.25) is 17.7 Å². The van der Waals surface area contributed by atoms with Gasteiger partial charge in [-0.1, -0.05) is 0 Å². The predicted octanol–water partition coefficient (Wildman–Crippen LogP) is -3.67. The molecule has 0 aromatic carbocycles. The van der Waals surface area contributed by atoms with Crippen LogP contribution in [0.25, 0.3) is 0 Å². The zero-order chi connectivity index (χ0) is 18.5. The van der Waals surface area contributed by atoms with Gasteiger partial charge in [0, 0.05) is 13.1 Å². The molecule has 0 aliphatic heterocycles. The van der Waals surface area contributed by atoms with E-state index >= 15 is 0 Å². The zero-order valence-electron chi connectivity index (χ0n) is 14.0. The second kappa shape index (κ2) is 12.1. The lowest BCUT2D eigenvalue weighted by molar-refractivity contribution is -0.129. The highest BCUT2D eigenvalue weighted by molar-refractivity contribution is 5.90. The number of urea groups is 1. The summed E-state index contributed by atoms with van der Waals surface area (Å²) in [6.45, 7) is 0.393. The molecule has 0 aliphatic carbocycles. The molecular weight excluding hydrogens is 318 g/mol. The maximum Gasteiger partial charge on any atom is 0.312 e. The molecule has 0 fully saturated rings. The molecule has 24 heavy (non-hydrogen) atoms. The van der Waals surface area contributed by atoms with Gasteiger partial charge in [0.25, 0.3) is 0 Å². The van der Waals surface area contributed by atoms with Crippen molar-refractivity contribution < 1.29 is 19.2 Å². The van der Waals surface area contributed by atoms with E-state index in [0.29, 0.717) is 13.0 Å². The first-order valence-corrected chi connectivity index (χ1v) is 7.53. The Labute approximate surface area is 140 Å². The molecule has 0 saturated carbocycles. The number of carbonyl (C=O) groups excluding carboxylic acids is 4. The Bertz CT molecular complexity index is 444. The fourth-order valence-electron chi connectivity index (χ4n) is 1.87. The standard InChI is InChI=1S/C13H27N7O4/c1-16-6-9(17-2)12(23)19-7-10(21)20-8(11(14)22)4-3-5-18-13(15)24/h8-9,16-17H,3-7H2,1-2H3,(H2,14,22)(H,19,23)(H,20,21)(H3,15,18,24). The van der Waals surface area contributed by atoms with Gasteiger partial charge in [-0.15, -0.1) is 0 Å². The summed E-state index contributed by atoms with van der Waals surface area (Å²) < 4.78 is 0. The molecule has 0 rings (SSSR count). The maximum absolute atomic E-state index is 11.8. The molecule has 0 aliphatic rings. The van der Waals surface area contributed by atoms with E-state index in [0.717, 1.165) is 0 Å². The van der Waals surface area contributed by atoms with Crippen molar-refractivity contribution in [2.24, 2.45) is 11.5 Å². The van der Waals surface area contributed by atoms with Crippen LogP contribution < -0.4 is 38.1 Å². The van der Waals surface area contributed by atoms with Crippen LogP contribution in [0.1, 0.15) is 12.8 Å². The summed E-state index contributed by atoms with van der Waals surface area (Å²) in [4.78, 5) is 45.5. The van der Waals surface area contributed by atoms with E-state index in [9.17, 15) is 19.2 Å². The van der Waals surface area contributed by atoms with Gasteiger partial charge in [-0.3, -0.25) is 14.4 Å². The molecule has 0 spiro atoms. The number of primary amides is 2. The van der Waals surface area contributed by atoms with Crippen LogP contribution in [0.15, 0.2) is 0 Å². The quantitative estimate of drug-likeness (QED) is 0.179. The van der Waals surface area contributed by atoms with Crippen LogP contribution in [0.2, 0.25) is 0 Å². The Morgan fingerprint density at radius 2 is 1.67 bits per heavy atom. The van der Waals surface area contributed by atoms with Gasteiger partial charge in [0.15, 0.2) is 0 Å². The van der Waals surface area contributed by atoms with E-state index < -0.39 is 29.9 Å². The van der Waals surface area contributed by atoms with Crippen LogP contribution in [0.3, 0.4) is 0 Å². The SMILES string of the molecule is CNCC(NC)C(=O)NCC(=O)NC(CCCNC(N)=O)C(N)=O. The third-order valence-electron chi connectivity index (χ3n) is 3.14. The van der Waals surface area contributed by atoms with E-state index in [4.69, 9.17) is 11.5 Å². The molecular formula is C13H27N7O4. The molecule has 0 aromatic heterocycles. The van der Waals surface area contributed by atoms with Crippen LogP contribution in [-0.4, -0.2) is 69.6 Å². The molecule has 0 saturated heterocycles. The second-order valence-corrected chi connectivity index (χ2v) is 5.07. The van der Waals surface area contributed by atoms with Gasteiger partial charge in [0.1, 0.15) is 6.04 Å². The summed E-state index contributed by atoms with van der Waals surface area (Å²) in [5, 5.41) is 12.9. The predicted molar refractivity (Wildman–Crippen MR) is 87.7 cm³/mol. The molecule has 11 heteroatoms. The molecule has 11 nitrogen and oxygen atoms in total. The van der Waals surface area contributed by atoms with Gasteiger partial charge in [-0.2, -0.15) is 0 Å². The number of nitrogens with one attached hydrogen (secondary N) is 5. The molecule has 9 N–H and O–H groups in total. The lowest BCUT2D eigenvalue weighted by Crippen LogP contribution is -2.52. The number of likely N-dealkylation sites (N-methyl/N-ethyl adjacent to an activating group) is 2. The van der Waals surface area contributed by atoms with Crippen molar-refractivity contribution in [3.8, 4) is 0 Å². The van der Waals surface area contributed by atoms with Crippen LogP contribution >= 0.6 is 0 Å². The van der Waals surface area contributed by atoms with Gasteiger partial charge in [0.05, 0.1) is 12.6 Å². The van der Waals surface area contributed by atoms with Crippen LogP contribution in [0.5, 0.6) is 0 Å². The van der Waals surface area contributed by atoms with Crippen molar-refractivity contribution in [1.29, 1.82) is 0 Å². The largest absolute Gasteiger partial charge is 0.368 e. The number of carbonyl (C=O) groups is 4. The molecule has 0 radical (unpaired) electrons. The highest BCUT2D eigenvalue weighted by atomic mass is 16.2. The van der Waals surface area contributed by atoms with Crippen LogP contribution in [0, 0.1) is 0 Å². The minimum Gasteiger partial charge on any atom is -0.368 e. The summed E-state index contributed by atoms with van der Waals surface area (Å²) in [6.07, 6.45) is 0.654. The van der Waals surface area contributed by atoms with Crippen molar-refractivity contribution in [2.45, 2.75) is 24.9 Å². The van der Waals surface area contributed by atoms with Crippen molar-refractivity contribution >= 4 is 23.8 Å². The molecule has 2 atom stereocenters. The van der Waals surface area contributed by atoms with Crippen molar-refractivity contribution in [1.82, 2.24) is 26.6 Å². The Morgan fingerprint density at radius 1 is 1.00 bits per heavy atom. The second-order valence-electron chi connectivity index (χ2n) is 5.07. The lowest BCUT2D eigenvalue weighted by atomic mass is 10.1. The monoisotopic (exact) mass is 345 g/mol. The number of hydrogen-bond acceptors (Lipinski definition) is 6. The maximum atomic E-state index is 11.8. The average molecular weight is 345 g/mol. The van der Waals surface area contributed by atoms with E-state index in [1.54, 1.807) is 14.1 Å². The smallest absolute Gasteiger partial charge is 0.312 e. The minimum atomic E-state index is -0.888. The van der Waals surface area contributed by atoms with Crippen molar-refractivity contribution in [3.63, 3.8) is 0 Å². The Hall–Kier alpha value is -2.40. The summed E-state index contributed by atoms with van der Waals surface area (Å²) in [5.41, 5.74) is 10.1. The van der Waals surface area contributed by atoms with Gasteiger partial charge >= 0.3 is 6.03 Å². The molecule has 0 bridgehead atoms. The van der Waals surface area contributed by atoms with E-state index in [1.165, 1.54) is 0 Å². The fraction of sp³-hybridized carbons (Fsp3) is 0.692. The molecule has 0 aromatic rings.